The zero-order valence-corrected chi connectivity index (χ0v) is 19.7. The molecule has 168 valence electrons. The number of nitrogens with zero attached hydrogens (tertiary/aromatic N) is 3. The molecule has 1 atom stereocenters. The quantitative estimate of drug-likeness (QED) is 0.683. The van der Waals surface area contributed by atoms with Crippen molar-refractivity contribution in [2.45, 2.75) is 12.5 Å². The van der Waals surface area contributed by atoms with Gasteiger partial charge >= 0.3 is 6.09 Å². The van der Waals surface area contributed by atoms with Crippen LogP contribution in [-0.2, 0) is 6.54 Å². The predicted octanol–water partition coefficient (Wildman–Crippen LogP) is 4.52. The van der Waals surface area contributed by atoms with E-state index in [4.69, 9.17) is 28.3 Å². The van der Waals surface area contributed by atoms with Crippen molar-refractivity contribution in [2.24, 2.45) is 0 Å². The number of likely N-dealkylation sites (N-methyl/N-ethyl adjacent to an activating group) is 2. The maximum absolute atomic E-state index is 10.4. The molecule has 1 amide bonds. The largest absolute Gasteiger partial charge is 0.465 e. The molecule has 0 radical (unpaired) electrons. The van der Waals surface area contributed by atoms with Crippen LogP contribution in [0.2, 0.25) is 10.0 Å². The van der Waals surface area contributed by atoms with E-state index in [1.165, 1.54) is 21.6 Å². The molecule has 0 bridgehead atoms. The van der Waals surface area contributed by atoms with E-state index in [0.29, 0.717) is 24.0 Å². The van der Waals surface area contributed by atoms with Gasteiger partial charge in [-0.15, -0.1) is 0 Å². The Morgan fingerprint density at radius 1 is 1.06 bits per heavy atom. The van der Waals surface area contributed by atoms with E-state index in [1.807, 2.05) is 20.2 Å². The van der Waals surface area contributed by atoms with Gasteiger partial charge in [-0.25, -0.2) is 4.79 Å². The summed E-state index contributed by atoms with van der Waals surface area (Å²) < 4.78 is 0. The Labute approximate surface area is 194 Å². The van der Waals surface area contributed by atoms with Gasteiger partial charge < -0.3 is 25.1 Å². The molecule has 2 heterocycles. The highest BCUT2D eigenvalue weighted by atomic mass is 35.5. The first kappa shape index (κ1) is 23.7. The Hall–Kier alpha value is -1.99. The average Bonchev–Trinajstić information content (AvgIpc) is 2.74. The predicted molar refractivity (Wildman–Crippen MR) is 128 cm³/mol. The number of carbonyl (C=O) groups is 1. The minimum Gasteiger partial charge on any atom is -0.465 e. The van der Waals surface area contributed by atoms with Gasteiger partial charge in [0.1, 0.15) is 0 Å². The van der Waals surface area contributed by atoms with Crippen LogP contribution in [0.4, 0.5) is 10.5 Å². The molecule has 2 aromatic carbocycles. The highest BCUT2D eigenvalue weighted by Crippen LogP contribution is 2.38. The van der Waals surface area contributed by atoms with Crippen LogP contribution in [-0.4, -0.2) is 79.8 Å². The van der Waals surface area contributed by atoms with Gasteiger partial charge in [-0.1, -0.05) is 35.3 Å². The third kappa shape index (κ3) is 6.04. The van der Waals surface area contributed by atoms with E-state index >= 15 is 0 Å². The van der Waals surface area contributed by atoms with Crippen LogP contribution in [0.15, 0.2) is 36.4 Å². The molecule has 31 heavy (non-hydrogen) atoms. The summed E-state index contributed by atoms with van der Waals surface area (Å²) in [5.74, 6) is 0.295. The first-order chi connectivity index (χ1) is 14.8. The lowest BCUT2D eigenvalue weighted by atomic mass is 9.84. The Balaban J connectivity index is 0.000000229. The number of piperazine rings is 1. The fourth-order valence-electron chi connectivity index (χ4n) is 4.04. The molecular weight excluding hydrogens is 435 g/mol. The lowest BCUT2D eigenvalue weighted by Crippen LogP contribution is -2.46. The van der Waals surface area contributed by atoms with E-state index in [9.17, 15) is 4.79 Å². The summed E-state index contributed by atoms with van der Waals surface area (Å²) in [5.41, 5.74) is 4.84. The van der Waals surface area contributed by atoms with Crippen molar-refractivity contribution in [3.8, 4) is 0 Å². The summed E-state index contributed by atoms with van der Waals surface area (Å²) in [6.07, 6.45) is -0.798. The number of nitrogens with one attached hydrogen (secondary N) is 1. The van der Waals surface area contributed by atoms with E-state index in [1.54, 1.807) is 0 Å². The lowest BCUT2D eigenvalue weighted by Gasteiger charge is -2.33. The lowest BCUT2D eigenvalue weighted by molar-refractivity contribution is 0.115. The van der Waals surface area contributed by atoms with Crippen molar-refractivity contribution in [1.29, 1.82) is 0 Å². The molecule has 0 aliphatic carbocycles. The minimum atomic E-state index is -0.798. The molecule has 8 heteroatoms. The first-order valence-corrected chi connectivity index (χ1v) is 11.1. The highest BCUT2D eigenvalue weighted by molar-refractivity contribution is 6.35. The van der Waals surface area contributed by atoms with E-state index in [-0.39, 0.29) is 0 Å². The molecular formula is C23H30Cl2N4O2. The number of anilines is 1. The number of rotatable bonds is 2. The number of carboxylic acid groups (broad SMARTS) is 1. The Kier molecular flexibility index (Phi) is 8.06. The number of fused-ring (bicyclic) bond motifs is 1. The third-order valence-electron chi connectivity index (χ3n) is 5.84. The molecule has 0 saturated carbocycles. The standard InChI is InChI=1S/C17H18Cl2N2.C6H12N2O2/c1-20-13-5-3-4-11(6-13)15-9-21(2)10-16-14(15)7-12(18)8-17(16)19;1-7-2-4-8(5-3-7)6(9)10/h3-8,15,20H,9-10H2,1-2H3;2-5H2,1H3,(H,9,10). The maximum atomic E-state index is 10.4. The van der Waals surface area contributed by atoms with Crippen molar-refractivity contribution in [3.05, 3.63) is 63.1 Å². The smallest absolute Gasteiger partial charge is 0.407 e. The van der Waals surface area contributed by atoms with Crippen molar-refractivity contribution < 1.29 is 9.90 Å². The summed E-state index contributed by atoms with van der Waals surface area (Å²) in [4.78, 5) is 16.2. The van der Waals surface area contributed by atoms with Gasteiger partial charge in [0, 0.05) is 68.0 Å². The van der Waals surface area contributed by atoms with Gasteiger partial charge in [0.05, 0.1) is 0 Å². The zero-order valence-electron chi connectivity index (χ0n) is 18.2. The van der Waals surface area contributed by atoms with Gasteiger partial charge in [-0.2, -0.15) is 0 Å². The molecule has 1 unspecified atom stereocenters. The number of halogens is 2. The van der Waals surface area contributed by atoms with Gasteiger partial charge in [-0.05, 0) is 55.1 Å². The second kappa shape index (κ2) is 10.6. The molecule has 2 aromatic rings. The minimum absolute atomic E-state index is 0.295. The molecule has 0 aromatic heterocycles. The Bertz CT molecular complexity index is 916. The molecule has 4 rings (SSSR count). The van der Waals surface area contributed by atoms with Crippen LogP contribution in [0.5, 0.6) is 0 Å². The summed E-state index contributed by atoms with van der Waals surface area (Å²) in [6.45, 7) is 4.83. The van der Waals surface area contributed by atoms with Crippen LogP contribution in [0.1, 0.15) is 22.6 Å². The Morgan fingerprint density at radius 3 is 2.42 bits per heavy atom. The summed E-state index contributed by atoms with van der Waals surface area (Å²) in [6, 6.07) is 12.4. The topological polar surface area (TPSA) is 59.1 Å². The van der Waals surface area contributed by atoms with Gasteiger partial charge in [0.25, 0.3) is 0 Å². The molecule has 6 nitrogen and oxygen atoms in total. The molecule has 2 aliphatic rings. The van der Waals surface area contributed by atoms with Crippen LogP contribution in [0, 0.1) is 0 Å². The van der Waals surface area contributed by atoms with E-state index in [2.05, 4.69) is 52.5 Å². The zero-order chi connectivity index (χ0) is 22.5. The third-order valence-corrected chi connectivity index (χ3v) is 6.40. The second-order valence-electron chi connectivity index (χ2n) is 8.15. The first-order valence-electron chi connectivity index (χ1n) is 10.4. The fourth-order valence-corrected chi connectivity index (χ4v) is 4.61. The summed E-state index contributed by atoms with van der Waals surface area (Å²) in [7, 11) is 6.07. The van der Waals surface area contributed by atoms with E-state index in [0.717, 1.165) is 36.9 Å². The van der Waals surface area contributed by atoms with Crippen LogP contribution in [0.25, 0.3) is 0 Å². The van der Waals surface area contributed by atoms with Crippen LogP contribution < -0.4 is 5.32 Å². The normalized spacial score (nSPS) is 19.3. The van der Waals surface area contributed by atoms with Gasteiger partial charge in [0.15, 0.2) is 0 Å². The summed E-state index contributed by atoms with van der Waals surface area (Å²) in [5, 5.41) is 13.2. The highest BCUT2D eigenvalue weighted by Gasteiger charge is 2.27. The van der Waals surface area contributed by atoms with Crippen molar-refractivity contribution in [3.63, 3.8) is 0 Å². The van der Waals surface area contributed by atoms with Crippen LogP contribution in [0.3, 0.4) is 0 Å². The summed E-state index contributed by atoms with van der Waals surface area (Å²) >= 11 is 12.6. The number of benzene rings is 2. The number of hydrogen-bond acceptors (Lipinski definition) is 4. The number of amides is 1. The Morgan fingerprint density at radius 2 is 1.77 bits per heavy atom. The molecule has 1 fully saturated rings. The van der Waals surface area contributed by atoms with Crippen molar-refractivity contribution >= 4 is 35.0 Å². The fraction of sp³-hybridized carbons (Fsp3) is 0.435. The van der Waals surface area contributed by atoms with Crippen LogP contribution >= 0.6 is 23.2 Å². The average molecular weight is 465 g/mol. The molecule has 0 spiro atoms. The van der Waals surface area contributed by atoms with Gasteiger partial charge in [0.2, 0.25) is 0 Å². The number of hydrogen-bond donors (Lipinski definition) is 2. The van der Waals surface area contributed by atoms with E-state index < -0.39 is 6.09 Å². The maximum Gasteiger partial charge on any atom is 0.407 e. The molecule has 2 N–H and O–H groups in total. The second-order valence-corrected chi connectivity index (χ2v) is 9.00. The van der Waals surface area contributed by atoms with Crippen molar-refractivity contribution in [2.75, 3.05) is 59.2 Å². The monoisotopic (exact) mass is 464 g/mol. The van der Waals surface area contributed by atoms with Gasteiger partial charge in [-0.3, -0.25) is 0 Å². The molecule has 2 aliphatic heterocycles. The van der Waals surface area contributed by atoms with Crippen molar-refractivity contribution in [1.82, 2.24) is 14.7 Å². The SMILES string of the molecule is CN1CCN(C(=O)O)CC1.CNc1cccc(C2CN(C)Cc3c(Cl)cc(Cl)cc32)c1. The molecule has 1 saturated heterocycles.